The molecule has 5 rings (SSSR count). The summed E-state index contributed by atoms with van der Waals surface area (Å²) in [6.07, 6.45) is -0.341. The lowest BCUT2D eigenvalue weighted by Gasteiger charge is -2.26. The van der Waals surface area contributed by atoms with Crippen molar-refractivity contribution in [2.24, 2.45) is 0 Å². The van der Waals surface area contributed by atoms with E-state index in [0.29, 0.717) is 41.2 Å². The molecule has 0 aliphatic carbocycles. The van der Waals surface area contributed by atoms with Gasteiger partial charge >= 0.3 is 0 Å². The number of rotatable bonds is 3. The van der Waals surface area contributed by atoms with Crippen molar-refractivity contribution in [1.29, 1.82) is 0 Å². The Hall–Kier alpha value is -3.56. The van der Waals surface area contributed by atoms with Gasteiger partial charge in [0, 0.05) is 57.7 Å². The normalized spacial score (nSPS) is 18.4. The summed E-state index contributed by atoms with van der Waals surface area (Å²) >= 11 is 0. The number of aromatic hydroxyl groups is 1. The third kappa shape index (κ3) is 4.12. The van der Waals surface area contributed by atoms with Crippen LogP contribution >= 0.6 is 0 Å². The molecule has 1 amide bonds. The van der Waals surface area contributed by atoms with Gasteiger partial charge in [-0.05, 0) is 23.8 Å². The SMILES string of the molecule is CC(=O)N1CCC(O)Nc2cc(-c3cccc(-c4cc(N5CCNCC5)no4)c3O)ccc21. The van der Waals surface area contributed by atoms with Gasteiger partial charge in [0.05, 0.1) is 16.9 Å². The fourth-order valence-corrected chi connectivity index (χ4v) is 4.42. The molecule has 33 heavy (non-hydrogen) atoms. The minimum absolute atomic E-state index is 0.0815. The number of fused-ring (bicyclic) bond motifs is 1. The Morgan fingerprint density at radius 3 is 2.70 bits per heavy atom. The molecule has 2 aliphatic rings. The average Bonchev–Trinajstić information content (AvgIpc) is 3.24. The van der Waals surface area contributed by atoms with Crippen molar-refractivity contribution in [2.75, 3.05) is 47.8 Å². The maximum atomic E-state index is 12.1. The molecule has 0 spiro atoms. The summed E-state index contributed by atoms with van der Waals surface area (Å²) in [5.41, 5.74) is 3.26. The molecule has 1 aromatic heterocycles. The van der Waals surface area contributed by atoms with Crippen LogP contribution < -0.4 is 20.4 Å². The van der Waals surface area contributed by atoms with Gasteiger partial charge in [-0.2, -0.15) is 0 Å². The predicted octanol–water partition coefficient (Wildman–Crippen LogP) is 2.61. The van der Waals surface area contributed by atoms with Crippen LogP contribution in [0.15, 0.2) is 47.0 Å². The first kappa shape index (κ1) is 21.3. The van der Waals surface area contributed by atoms with E-state index in [1.807, 2.05) is 36.4 Å². The number of aliphatic hydroxyl groups is 1. The number of nitrogens with one attached hydrogen (secondary N) is 2. The number of nitrogens with zero attached hydrogens (tertiary/aromatic N) is 3. The zero-order chi connectivity index (χ0) is 22.9. The molecular weight excluding hydrogens is 422 g/mol. The minimum atomic E-state index is -0.763. The molecule has 9 heteroatoms. The van der Waals surface area contributed by atoms with Gasteiger partial charge in [-0.25, -0.2) is 0 Å². The fraction of sp³-hybridized carbons (Fsp3) is 0.333. The third-order valence-corrected chi connectivity index (χ3v) is 6.17. The van der Waals surface area contributed by atoms with E-state index in [-0.39, 0.29) is 11.7 Å². The number of piperazine rings is 1. The van der Waals surface area contributed by atoms with E-state index in [1.54, 1.807) is 11.0 Å². The van der Waals surface area contributed by atoms with E-state index in [2.05, 4.69) is 20.7 Å². The maximum absolute atomic E-state index is 12.1. The number of aromatic nitrogens is 1. The Balaban J connectivity index is 1.50. The zero-order valence-corrected chi connectivity index (χ0v) is 18.4. The lowest BCUT2D eigenvalue weighted by Crippen LogP contribution is -2.43. The standard InChI is InChI=1S/C24H27N5O4/c1-15(30)29-10-7-23(31)26-19-13-16(5-6-20(19)29)17-3-2-4-18(24(17)32)21-14-22(27-33-21)28-11-8-25-9-12-28/h2-6,13-14,23,25-26,31-32H,7-12H2,1H3. The first-order valence-corrected chi connectivity index (χ1v) is 11.1. The highest BCUT2D eigenvalue weighted by Gasteiger charge is 2.24. The second-order valence-electron chi connectivity index (χ2n) is 8.34. The summed E-state index contributed by atoms with van der Waals surface area (Å²) in [6, 6.07) is 12.9. The molecule has 0 radical (unpaired) electrons. The van der Waals surface area contributed by atoms with Gasteiger partial charge in [0.15, 0.2) is 11.6 Å². The summed E-state index contributed by atoms with van der Waals surface area (Å²) < 4.78 is 5.58. The van der Waals surface area contributed by atoms with Crippen LogP contribution in [0.25, 0.3) is 22.5 Å². The molecule has 0 saturated carbocycles. The summed E-state index contributed by atoms with van der Waals surface area (Å²) in [5.74, 6) is 1.24. The molecule has 3 aromatic rings. The largest absolute Gasteiger partial charge is 0.507 e. The van der Waals surface area contributed by atoms with E-state index in [9.17, 15) is 15.0 Å². The van der Waals surface area contributed by atoms with Crippen LogP contribution in [0, 0.1) is 0 Å². The van der Waals surface area contributed by atoms with Crippen LogP contribution in [-0.2, 0) is 4.79 Å². The van der Waals surface area contributed by atoms with E-state index in [4.69, 9.17) is 4.52 Å². The van der Waals surface area contributed by atoms with E-state index in [1.165, 1.54) is 6.92 Å². The van der Waals surface area contributed by atoms with Crippen molar-refractivity contribution in [2.45, 2.75) is 19.6 Å². The summed E-state index contributed by atoms with van der Waals surface area (Å²) in [5, 5.41) is 31.9. The monoisotopic (exact) mass is 449 g/mol. The Labute approximate surface area is 191 Å². The van der Waals surface area contributed by atoms with Crippen LogP contribution in [0.3, 0.4) is 0 Å². The topological polar surface area (TPSA) is 114 Å². The Morgan fingerprint density at radius 2 is 1.91 bits per heavy atom. The van der Waals surface area contributed by atoms with Crippen molar-refractivity contribution in [3.05, 3.63) is 42.5 Å². The van der Waals surface area contributed by atoms with Crippen LogP contribution in [-0.4, -0.2) is 60.2 Å². The van der Waals surface area contributed by atoms with Gasteiger partial charge in [0.1, 0.15) is 12.0 Å². The summed E-state index contributed by atoms with van der Waals surface area (Å²) in [6.45, 7) is 5.43. The third-order valence-electron chi connectivity index (χ3n) is 6.17. The lowest BCUT2D eigenvalue weighted by molar-refractivity contribution is -0.116. The number of carbonyl (C=O) groups excluding carboxylic acids is 1. The van der Waals surface area contributed by atoms with Gasteiger partial charge in [0.2, 0.25) is 5.91 Å². The van der Waals surface area contributed by atoms with Crippen molar-refractivity contribution in [1.82, 2.24) is 10.5 Å². The maximum Gasteiger partial charge on any atom is 0.223 e. The number of amides is 1. The number of carbonyl (C=O) groups is 1. The Kier molecular flexibility index (Phi) is 5.65. The number of para-hydroxylation sites is 1. The summed E-state index contributed by atoms with van der Waals surface area (Å²) in [7, 11) is 0. The number of phenolic OH excluding ortho intramolecular Hbond substituents is 1. The van der Waals surface area contributed by atoms with Gasteiger partial charge in [0.25, 0.3) is 0 Å². The highest BCUT2D eigenvalue weighted by molar-refractivity contribution is 5.97. The fourth-order valence-electron chi connectivity index (χ4n) is 4.42. The van der Waals surface area contributed by atoms with Crippen molar-refractivity contribution < 1.29 is 19.5 Å². The molecule has 4 N–H and O–H groups in total. The quantitative estimate of drug-likeness (QED) is 0.483. The van der Waals surface area contributed by atoms with Gasteiger partial charge < -0.3 is 35.2 Å². The number of phenols is 1. The number of aliphatic hydroxyl groups excluding tert-OH is 1. The van der Waals surface area contributed by atoms with Gasteiger partial charge in [-0.15, -0.1) is 0 Å². The molecule has 1 atom stereocenters. The minimum Gasteiger partial charge on any atom is -0.507 e. The Morgan fingerprint density at radius 1 is 1.12 bits per heavy atom. The predicted molar refractivity (Wildman–Crippen MR) is 126 cm³/mol. The molecule has 0 bridgehead atoms. The van der Waals surface area contributed by atoms with Gasteiger partial charge in [-0.1, -0.05) is 23.4 Å². The van der Waals surface area contributed by atoms with E-state index in [0.717, 1.165) is 37.6 Å². The number of anilines is 3. The lowest BCUT2D eigenvalue weighted by atomic mass is 9.99. The molecule has 2 aromatic carbocycles. The van der Waals surface area contributed by atoms with E-state index < -0.39 is 6.23 Å². The van der Waals surface area contributed by atoms with Crippen LogP contribution in [0.5, 0.6) is 5.75 Å². The summed E-state index contributed by atoms with van der Waals surface area (Å²) in [4.78, 5) is 15.9. The highest BCUT2D eigenvalue weighted by Crippen LogP contribution is 2.41. The second-order valence-corrected chi connectivity index (χ2v) is 8.34. The van der Waals surface area contributed by atoms with E-state index >= 15 is 0 Å². The van der Waals surface area contributed by atoms with Crippen molar-refractivity contribution >= 4 is 23.1 Å². The molecular formula is C24H27N5O4. The molecule has 2 aliphatic heterocycles. The second kappa shape index (κ2) is 8.76. The molecule has 1 fully saturated rings. The molecule has 1 saturated heterocycles. The Bertz CT molecular complexity index is 1170. The zero-order valence-electron chi connectivity index (χ0n) is 18.4. The van der Waals surface area contributed by atoms with Crippen LogP contribution in [0.1, 0.15) is 13.3 Å². The number of hydrogen-bond acceptors (Lipinski definition) is 8. The van der Waals surface area contributed by atoms with Crippen molar-refractivity contribution in [3.8, 4) is 28.2 Å². The number of benzene rings is 2. The van der Waals surface area contributed by atoms with Crippen LogP contribution in [0.4, 0.5) is 17.2 Å². The first-order valence-electron chi connectivity index (χ1n) is 11.1. The molecule has 1 unspecified atom stereocenters. The highest BCUT2D eigenvalue weighted by atomic mass is 16.5. The smallest absolute Gasteiger partial charge is 0.223 e. The van der Waals surface area contributed by atoms with Crippen LogP contribution in [0.2, 0.25) is 0 Å². The van der Waals surface area contributed by atoms with Crippen molar-refractivity contribution in [3.63, 3.8) is 0 Å². The first-order chi connectivity index (χ1) is 16.0. The molecule has 3 heterocycles. The molecule has 9 nitrogen and oxygen atoms in total. The molecule has 172 valence electrons. The number of hydrogen-bond donors (Lipinski definition) is 4. The van der Waals surface area contributed by atoms with Gasteiger partial charge in [-0.3, -0.25) is 4.79 Å². The average molecular weight is 450 g/mol.